The Balaban J connectivity index is 0.00000200. The van der Waals surface area contributed by atoms with Crippen molar-refractivity contribution in [3.05, 3.63) is 27.7 Å². The summed E-state index contributed by atoms with van der Waals surface area (Å²) in [6.45, 7) is 3.41. The van der Waals surface area contributed by atoms with Crippen LogP contribution >= 0.6 is 39.9 Å². The molecule has 0 saturated carbocycles. The van der Waals surface area contributed by atoms with Crippen molar-refractivity contribution in [3.63, 3.8) is 0 Å². The van der Waals surface area contributed by atoms with E-state index in [1.54, 1.807) is 12.1 Å². The summed E-state index contributed by atoms with van der Waals surface area (Å²) in [5.74, 6) is 0. The molecular weight excluding hydrogens is 387 g/mol. The summed E-state index contributed by atoms with van der Waals surface area (Å²) >= 11 is 9.28. The van der Waals surface area contributed by atoms with E-state index in [1.807, 2.05) is 6.92 Å². The third-order valence-corrected chi connectivity index (χ3v) is 6.35. The average Bonchev–Trinajstić information content (AvgIpc) is 2.76. The highest BCUT2D eigenvalue weighted by Crippen LogP contribution is 2.35. The SMILES string of the molecule is CC1(CN)CCN(S(=O)(=O)c2cc(Br)ccc2Cl)C1.Cl. The van der Waals surface area contributed by atoms with Gasteiger partial charge in [0.2, 0.25) is 10.0 Å². The molecule has 1 aliphatic heterocycles. The maximum atomic E-state index is 12.6. The molecule has 1 atom stereocenters. The molecule has 1 unspecified atom stereocenters. The smallest absolute Gasteiger partial charge is 0.244 e. The van der Waals surface area contributed by atoms with E-state index in [2.05, 4.69) is 15.9 Å². The maximum Gasteiger partial charge on any atom is 0.244 e. The third-order valence-electron chi connectivity index (χ3n) is 3.53. The molecule has 0 aromatic heterocycles. The van der Waals surface area contributed by atoms with Gasteiger partial charge in [0.05, 0.1) is 5.02 Å². The number of benzene rings is 1. The van der Waals surface area contributed by atoms with Crippen LogP contribution in [0.1, 0.15) is 13.3 Å². The molecule has 0 spiro atoms. The van der Waals surface area contributed by atoms with Crippen LogP contribution in [0, 0.1) is 5.41 Å². The Kier molecular flexibility index (Phi) is 5.92. The first-order chi connectivity index (χ1) is 8.78. The van der Waals surface area contributed by atoms with Gasteiger partial charge < -0.3 is 5.73 Å². The fraction of sp³-hybridized carbons (Fsp3) is 0.500. The predicted molar refractivity (Wildman–Crippen MR) is 86.9 cm³/mol. The second-order valence-electron chi connectivity index (χ2n) is 5.18. The highest BCUT2D eigenvalue weighted by atomic mass is 79.9. The molecule has 2 N–H and O–H groups in total. The summed E-state index contributed by atoms with van der Waals surface area (Å²) in [5.41, 5.74) is 5.56. The zero-order chi connectivity index (χ0) is 14.3. The van der Waals surface area contributed by atoms with Gasteiger partial charge in [-0.2, -0.15) is 4.31 Å². The van der Waals surface area contributed by atoms with Crippen molar-refractivity contribution in [1.82, 2.24) is 4.31 Å². The number of halogens is 3. The molecule has 1 saturated heterocycles. The van der Waals surface area contributed by atoms with Gasteiger partial charge >= 0.3 is 0 Å². The van der Waals surface area contributed by atoms with Gasteiger partial charge in [0.15, 0.2) is 0 Å². The van der Waals surface area contributed by atoms with Crippen LogP contribution in [0.25, 0.3) is 0 Å². The highest BCUT2D eigenvalue weighted by molar-refractivity contribution is 9.10. The molecule has 0 bridgehead atoms. The molecule has 1 aromatic carbocycles. The number of sulfonamides is 1. The molecule has 8 heteroatoms. The molecule has 4 nitrogen and oxygen atoms in total. The van der Waals surface area contributed by atoms with Gasteiger partial charge in [0.25, 0.3) is 0 Å². The zero-order valence-corrected chi connectivity index (χ0v) is 14.9. The Labute approximate surface area is 139 Å². The van der Waals surface area contributed by atoms with E-state index in [-0.39, 0.29) is 27.7 Å². The summed E-state index contributed by atoms with van der Waals surface area (Å²) < 4.78 is 27.3. The summed E-state index contributed by atoms with van der Waals surface area (Å²) in [6.07, 6.45) is 0.772. The Hall–Kier alpha value is 0.150. The van der Waals surface area contributed by atoms with Gasteiger partial charge in [-0.1, -0.05) is 34.5 Å². The highest BCUT2D eigenvalue weighted by Gasteiger charge is 2.39. The number of rotatable bonds is 3. The fourth-order valence-corrected chi connectivity index (χ4v) is 4.77. The van der Waals surface area contributed by atoms with Crippen LogP contribution in [0.5, 0.6) is 0 Å². The van der Waals surface area contributed by atoms with Gasteiger partial charge in [-0.3, -0.25) is 0 Å². The number of hydrogen-bond donors (Lipinski definition) is 1. The standard InChI is InChI=1S/C12H16BrClN2O2S.ClH/c1-12(7-15)4-5-16(8-12)19(17,18)11-6-9(13)2-3-10(11)14;/h2-3,6H,4-5,7-8,15H2,1H3;1H. The van der Waals surface area contributed by atoms with Crippen molar-refractivity contribution < 1.29 is 8.42 Å². The molecule has 1 fully saturated rings. The van der Waals surface area contributed by atoms with E-state index in [4.69, 9.17) is 17.3 Å². The molecule has 0 radical (unpaired) electrons. The van der Waals surface area contributed by atoms with Gasteiger partial charge in [-0.05, 0) is 36.6 Å². The summed E-state index contributed by atoms with van der Waals surface area (Å²) in [5, 5.41) is 0.240. The Morgan fingerprint density at radius 3 is 2.70 bits per heavy atom. The van der Waals surface area contributed by atoms with Gasteiger partial charge in [-0.15, -0.1) is 12.4 Å². The van der Waals surface area contributed by atoms with E-state index in [0.29, 0.717) is 24.1 Å². The van der Waals surface area contributed by atoms with Crippen LogP contribution in [-0.2, 0) is 10.0 Å². The molecule has 114 valence electrons. The Bertz CT molecular complexity index is 597. The van der Waals surface area contributed by atoms with Crippen molar-refractivity contribution >= 4 is 50.0 Å². The van der Waals surface area contributed by atoms with Crippen LogP contribution in [0.2, 0.25) is 5.02 Å². The lowest BCUT2D eigenvalue weighted by atomic mass is 9.90. The van der Waals surface area contributed by atoms with Gasteiger partial charge in [0.1, 0.15) is 4.90 Å². The first-order valence-electron chi connectivity index (χ1n) is 5.94. The zero-order valence-electron chi connectivity index (χ0n) is 11.0. The minimum Gasteiger partial charge on any atom is -0.330 e. The lowest BCUT2D eigenvalue weighted by Gasteiger charge is -2.22. The van der Waals surface area contributed by atoms with Crippen molar-refractivity contribution in [1.29, 1.82) is 0 Å². The molecule has 2 rings (SSSR count). The second-order valence-corrected chi connectivity index (χ2v) is 8.41. The lowest BCUT2D eigenvalue weighted by Crippen LogP contribution is -2.34. The van der Waals surface area contributed by atoms with Crippen LogP contribution in [0.15, 0.2) is 27.6 Å². The van der Waals surface area contributed by atoms with Crippen molar-refractivity contribution in [2.75, 3.05) is 19.6 Å². The van der Waals surface area contributed by atoms with Crippen molar-refractivity contribution in [3.8, 4) is 0 Å². The number of hydrogen-bond acceptors (Lipinski definition) is 3. The Morgan fingerprint density at radius 1 is 1.50 bits per heavy atom. The molecule has 0 amide bonds. The van der Waals surface area contributed by atoms with E-state index in [0.717, 1.165) is 6.42 Å². The summed E-state index contributed by atoms with van der Waals surface area (Å²) in [6, 6.07) is 4.84. The average molecular weight is 404 g/mol. The quantitative estimate of drug-likeness (QED) is 0.843. The second kappa shape index (κ2) is 6.50. The minimum absolute atomic E-state index is 0. The van der Waals surface area contributed by atoms with Gasteiger partial charge in [-0.25, -0.2) is 8.42 Å². The lowest BCUT2D eigenvalue weighted by molar-refractivity contribution is 0.349. The topological polar surface area (TPSA) is 63.4 Å². The van der Waals surface area contributed by atoms with E-state index >= 15 is 0 Å². The van der Waals surface area contributed by atoms with Gasteiger partial charge in [0, 0.05) is 17.6 Å². The molecular formula is C12H17BrCl2N2O2S. The first-order valence-corrected chi connectivity index (χ1v) is 8.55. The third kappa shape index (κ3) is 3.48. The fourth-order valence-electron chi connectivity index (χ4n) is 2.16. The molecule has 0 aliphatic carbocycles. The van der Waals surface area contributed by atoms with E-state index in [9.17, 15) is 8.42 Å². The number of nitrogens with two attached hydrogens (primary N) is 1. The monoisotopic (exact) mass is 402 g/mol. The van der Waals surface area contributed by atoms with Crippen LogP contribution in [-0.4, -0.2) is 32.4 Å². The number of nitrogens with zero attached hydrogens (tertiary/aromatic N) is 1. The molecule has 1 aliphatic rings. The van der Waals surface area contributed by atoms with Crippen LogP contribution < -0.4 is 5.73 Å². The molecule has 1 aromatic rings. The van der Waals surface area contributed by atoms with E-state index < -0.39 is 10.0 Å². The van der Waals surface area contributed by atoms with Crippen molar-refractivity contribution in [2.24, 2.45) is 11.1 Å². The van der Waals surface area contributed by atoms with Crippen molar-refractivity contribution in [2.45, 2.75) is 18.2 Å². The maximum absolute atomic E-state index is 12.6. The van der Waals surface area contributed by atoms with Crippen LogP contribution in [0.3, 0.4) is 0 Å². The van der Waals surface area contributed by atoms with Crippen LogP contribution in [0.4, 0.5) is 0 Å². The minimum atomic E-state index is -3.56. The largest absolute Gasteiger partial charge is 0.330 e. The normalized spacial score (nSPS) is 23.6. The van der Waals surface area contributed by atoms with E-state index in [1.165, 1.54) is 10.4 Å². The first kappa shape index (κ1) is 18.2. The predicted octanol–water partition coefficient (Wildman–Crippen LogP) is 2.88. The molecule has 20 heavy (non-hydrogen) atoms. The summed E-state index contributed by atoms with van der Waals surface area (Å²) in [7, 11) is -3.56. The Morgan fingerprint density at radius 2 is 2.15 bits per heavy atom. The summed E-state index contributed by atoms with van der Waals surface area (Å²) in [4.78, 5) is 0.143. The molecule has 1 heterocycles.